The summed E-state index contributed by atoms with van der Waals surface area (Å²) in [6.45, 7) is 0. The minimum Gasteiger partial charge on any atom is -0.287 e. The van der Waals surface area contributed by atoms with Crippen molar-refractivity contribution in [2.45, 2.75) is 0 Å². The summed E-state index contributed by atoms with van der Waals surface area (Å²) in [5.41, 5.74) is 0.971. The molecule has 0 fully saturated rings. The van der Waals surface area contributed by atoms with Crippen molar-refractivity contribution in [2.24, 2.45) is 0 Å². The van der Waals surface area contributed by atoms with Gasteiger partial charge in [-0.05, 0) is 24.3 Å². The summed E-state index contributed by atoms with van der Waals surface area (Å²) < 4.78 is 0.943. The van der Waals surface area contributed by atoms with Crippen molar-refractivity contribution < 1.29 is 4.79 Å². The van der Waals surface area contributed by atoms with Crippen LogP contribution < -0.4 is 0 Å². The van der Waals surface area contributed by atoms with E-state index in [9.17, 15) is 4.79 Å². The van der Waals surface area contributed by atoms with E-state index in [4.69, 9.17) is 0 Å². The van der Waals surface area contributed by atoms with Crippen LogP contribution in [-0.4, -0.2) is 15.8 Å². The van der Waals surface area contributed by atoms with Gasteiger partial charge in [0.15, 0.2) is 0 Å². The van der Waals surface area contributed by atoms with Gasteiger partial charge >= 0.3 is 0 Å². The second-order valence-corrected chi connectivity index (χ2v) is 3.84. The van der Waals surface area contributed by atoms with Gasteiger partial charge in [-0.1, -0.05) is 15.9 Å². The van der Waals surface area contributed by atoms with Crippen LogP contribution in [0.5, 0.6) is 0 Å². The average Bonchev–Trinajstić information content (AvgIpc) is 2.30. The Morgan fingerprint density at radius 1 is 1.13 bits per heavy atom. The number of aromatic nitrogens is 2. The fraction of sp³-hybridized carbons (Fsp3) is 0. The lowest BCUT2D eigenvalue weighted by molar-refractivity contribution is 0.103. The van der Waals surface area contributed by atoms with Gasteiger partial charge in [0.05, 0.1) is 6.20 Å². The van der Waals surface area contributed by atoms with Crippen molar-refractivity contribution in [1.29, 1.82) is 0 Å². The number of halogens is 1. The van der Waals surface area contributed by atoms with E-state index in [0.29, 0.717) is 11.3 Å². The first-order chi connectivity index (χ1) is 7.27. The van der Waals surface area contributed by atoms with Gasteiger partial charge in [-0.2, -0.15) is 0 Å². The summed E-state index contributed by atoms with van der Waals surface area (Å²) in [6, 6.07) is 7.15. The zero-order valence-corrected chi connectivity index (χ0v) is 9.31. The number of hydrogen-bond donors (Lipinski definition) is 0. The molecule has 2 rings (SSSR count). The van der Waals surface area contributed by atoms with E-state index in [-0.39, 0.29) is 5.78 Å². The lowest BCUT2D eigenvalue weighted by Crippen LogP contribution is -2.03. The first kappa shape index (κ1) is 9.98. The molecular weight excluding hydrogens is 256 g/mol. The van der Waals surface area contributed by atoms with Crippen LogP contribution in [0.25, 0.3) is 0 Å². The Morgan fingerprint density at radius 3 is 2.47 bits per heavy atom. The van der Waals surface area contributed by atoms with E-state index in [2.05, 4.69) is 25.9 Å². The van der Waals surface area contributed by atoms with E-state index in [0.717, 1.165) is 4.47 Å². The fourth-order valence-electron chi connectivity index (χ4n) is 1.17. The lowest BCUT2D eigenvalue weighted by Gasteiger charge is -1.99. The van der Waals surface area contributed by atoms with Gasteiger partial charge in [0.1, 0.15) is 5.69 Å². The first-order valence-corrected chi connectivity index (χ1v) is 5.13. The fourth-order valence-corrected chi connectivity index (χ4v) is 1.43. The Balaban J connectivity index is 2.33. The van der Waals surface area contributed by atoms with Gasteiger partial charge in [-0.25, -0.2) is 4.98 Å². The predicted octanol–water partition coefficient (Wildman–Crippen LogP) is 2.47. The van der Waals surface area contributed by atoms with Gasteiger partial charge < -0.3 is 0 Å². The van der Waals surface area contributed by atoms with Crippen LogP contribution in [0.15, 0.2) is 47.3 Å². The minimum atomic E-state index is -0.115. The number of nitrogens with zero attached hydrogens (tertiary/aromatic N) is 2. The van der Waals surface area contributed by atoms with Crippen LogP contribution >= 0.6 is 15.9 Å². The monoisotopic (exact) mass is 262 g/mol. The number of ketones is 1. The van der Waals surface area contributed by atoms with Crippen LogP contribution in [0.3, 0.4) is 0 Å². The molecule has 1 aromatic carbocycles. The molecular formula is C11H7BrN2O. The minimum absolute atomic E-state index is 0.115. The lowest BCUT2D eigenvalue weighted by atomic mass is 10.1. The maximum atomic E-state index is 11.8. The summed E-state index contributed by atoms with van der Waals surface area (Å²) in [5.74, 6) is -0.115. The molecule has 0 saturated carbocycles. The maximum absolute atomic E-state index is 11.8. The van der Waals surface area contributed by atoms with E-state index >= 15 is 0 Å². The van der Waals surface area contributed by atoms with E-state index in [1.807, 2.05) is 12.1 Å². The van der Waals surface area contributed by atoms with Crippen molar-refractivity contribution in [2.75, 3.05) is 0 Å². The zero-order valence-electron chi connectivity index (χ0n) is 7.72. The molecule has 0 saturated heterocycles. The second-order valence-electron chi connectivity index (χ2n) is 2.93. The number of carbonyl (C=O) groups is 1. The molecule has 0 aliphatic heterocycles. The predicted molar refractivity (Wildman–Crippen MR) is 59.6 cm³/mol. The third-order valence-corrected chi connectivity index (χ3v) is 2.43. The van der Waals surface area contributed by atoms with Crippen LogP contribution in [0.4, 0.5) is 0 Å². The molecule has 4 heteroatoms. The summed E-state index contributed by atoms with van der Waals surface area (Å²) in [6.07, 6.45) is 4.51. The molecule has 0 unspecified atom stereocenters. The average molecular weight is 263 g/mol. The van der Waals surface area contributed by atoms with Crippen molar-refractivity contribution in [1.82, 2.24) is 9.97 Å². The van der Waals surface area contributed by atoms with Gasteiger partial charge in [-0.3, -0.25) is 9.78 Å². The second kappa shape index (κ2) is 4.31. The van der Waals surface area contributed by atoms with Crippen molar-refractivity contribution in [3.63, 3.8) is 0 Å². The molecule has 0 spiro atoms. The third kappa shape index (κ3) is 2.27. The molecule has 0 N–H and O–H groups in total. The molecule has 3 nitrogen and oxygen atoms in total. The summed E-state index contributed by atoms with van der Waals surface area (Å²) in [4.78, 5) is 19.6. The number of carbonyl (C=O) groups excluding carboxylic acids is 1. The topological polar surface area (TPSA) is 42.9 Å². The molecule has 0 aliphatic rings. The van der Waals surface area contributed by atoms with Crippen LogP contribution in [0.2, 0.25) is 0 Å². The molecule has 1 heterocycles. The standard InChI is InChI=1S/C11H7BrN2O/c12-9-3-1-8(2-4-9)11(15)10-7-13-5-6-14-10/h1-7H. The summed E-state index contributed by atoms with van der Waals surface area (Å²) in [7, 11) is 0. The van der Waals surface area contributed by atoms with Crippen LogP contribution in [0.1, 0.15) is 16.1 Å². The molecule has 0 radical (unpaired) electrons. The van der Waals surface area contributed by atoms with Gasteiger partial charge in [0.25, 0.3) is 0 Å². The van der Waals surface area contributed by atoms with Gasteiger partial charge in [-0.15, -0.1) is 0 Å². The third-order valence-electron chi connectivity index (χ3n) is 1.90. The SMILES string of the molecule is O=C(c1ccc(Br)cc1)c1cnccn1. The first-order valence-electron chi connectivity index (χ1n) is 4.33. The number of benzene rings is 1. The zero-order chi connectivity index (χ0) is 10.7. The molecule has 0 atom stereocenters. The van der Waals surface area contributed by atoms with Crippen molar-refractivity contribution in [3.05, 3.63) is 58.6 Å². The molecule has 0 amide bonds. The molecule has 0 bridgehead atoms. The van der Waals surface area contributed by atoms with E-state index in [1.54, 1.807) is 18.3 Å². The highest BCUT2D eigenvalue weighted by Crippen LogP contribution is 2.12. The van der Waals surface area contributed by atoms with Crippen molar-refractivity contribution >= 4 is 21.7 Å². The largest absolute Gasteiger partial charge is 0.287 e. The quantitative estimate of drug-likeness (QED) is 0.781. The Morgan fingerprint density at radius 2 is 1.87 bits per heavy atom. The highest BCUT2D eigenvalue weighted by atomic mass is 79.9. The van der Waals surface area contributed by atoms with Gasteiger partial charge in [0.2, 0.25) is 5.78 Å². The normalized spacial score (nSPS) is 9.93. The maximum Gasteiger partial charge on any atom is 0.212 e. The molecule has 0 aliphatic carbocycles. The van der Waals surface area contributed by atoms with E-state index < -0.39 is 0 Å². The molecule has 1 aromatic heterocycles. The van der Waals surface area contributed by atoms with E-state index in [1.165, 1.54) is 12.4 Å². The van der Waals surface area contributed by atoms with Crippen LogP contribution in [0, 0.1) is 0 Å². The number of rotatable bonds is 2. The van der Waals surface area contributed by atoms with Gasteiger partial charge in [0, 0.05) is 22.4 Å². The Kier molecular flexibility index (Phi) is 2.87. The Hall–Kier alpha value is -1.55. The molecule has 74 valence electrons. The molecule has 2 aromatic rings. The van der Waals surface area contributed by atoms with Crippen LogP contribution in [-0.2, 0) is 0 Å². The Bertz CT molecular complexity index is 468. The molecule has 15 heavy (non-hydrogen) atoms. The van der Waals surface area contributed by atoms with Crippen molar-refractivity contribution in [3.8, 4) is 0 Å². The summed E-state index contributed by atoms with van der Waals surface area (Å²) in [5, 5.41) is 0. The Labute approximate surface area is 95.3 Å². The smallest absolute Gasteiger partial charge is 0.212 e. The number of hydrogen-bond acceptors (Lipinski definition) is 3. The highest BCUT2D eigenvalue weighted by Gasteiger charge is 2.09. The highest BCUT2D eigenvalue weighted by molar-refractivity contribution is 9.10. The summed E-state index contributed by atoms with van der Waals surface area (Å²) >= 11 is 3.31.